The molecule has 2 rings (SSSR count). The second kappa shape index (κ2) is 6.26. The molecule has 0 aromatic heterocycles. The Hall–Kier alpha value is -1.56. The monoisotopic (exact) mass is 339 g/mol. The normalized spacial score (nSPS) is 18.7. The number of carbonyl (C=O) groups is 2. The van der Waals surface area contributed by atoms with Gasteiger partial charge in [0.15, 0.2) is 0 Å². The Morgan fingerprint density at radius 2 is 2.20 bits per heavy atom. The number of anilines is 1. The van der Waals surface area contributed by atoms with Gasteiger partial charge < -0.3 is 16.0 Å². The van der Waals surface area contributed by atoms with Crippen molar-refractivity contribution in [3.05, 3.63) is 28.2 Å². The number of rotatable bonds is 2. The van der Waals surface area contributed by atoms with E-state index in [1.54, 1.807) is 23.1 Å². The molecule has 0 spiro atoms. The van der Waals surface area contributed by atoms with Crippen molar-refractivity contribution >= 4 is 33.4 Å². The van der Waals surface area contributed by atoms with Crippen LogP contribution < -0.4 is 11.1 Å². The molecule has 1 unspecified atom stereocenters. The van der Waals surface area contributed by atoms with Gasteiger partial charge >= 0.3 is 0 Å². The third-order valence-electron chi connectivity index (χ3n) is 3.34. The summed E-state index contributed by atoms with van der Waals surface area (Å²) in [6.07, 6.45) is 1.79. The number of nitrogen functional groups attached to an aromatic ring is 1. The first-order valence-corrected chi connectivity index (χ1v) is 7.38. The van der Waals surface area contributed by atoms with Gasteiger partial charge in [-0.05, 0) is 47.0 Å². The van der Waals surface area contributed by atoms with Crippen molar-refractivity contribution in [3.63, 3.8) is 0 Å². The first-order chi connectivity index (χ1) is 9.47. The zero-order chi connectivity index (χ0) is 14.7. The molecule has 1 saturated heterocycles. The van der Waals surface area contributed by atoms with Crippen LogP contribution in [0.3, 0.4) is 0 Å². The number of nitrogens with one attached hydrogen (secondary N) is 1. The molecular formula is C14H18BrN3O2. The molecule has 0 radical (unpaired) electrons. The number of hydrogen-bond donors (Lipinski definition) is 2. The third-order valence-corrected chi connectivity index (χ3v) is 4.03. The number of nitrogens with zero attached hydrogens (tertiary/aromatic N) is 1. The Labute approximate surface area is 126 Å². The van der Waals surface area contributed by atoms with Crippen LogP contribution in [-0.4, -0.2) is 35.8 Å². The van der Waals surface area contributed by atoms with Crippen molar-refractivity contribution < 1.29 is 9.59 Å². The SMILES string of the molecule is CC(=O)NC1CCCN(C(=O)c2cc(N)ccc2Br)C1. The van der Waals surface area contributed by atoms with E-state index in [9.17, 15) is 9.59 Å². The van der Waals surface area contributed by atoms with Crippen LogP contribution in [0.15, 0.2) is 22.7 Å². The molecular weight excluding hydrogens is 322 g/mol. The molecule has 1 aliphatic heterocycles. The summed E-state index contributed by atoms with van der Waals surface area (Å²) in [4.78, 5) is 25.4. The standard InChI is InChI=1S/C14H18BrN3O2/c1-9(19)17-11-3-2-6-18(8-11)14(20)12-7-10(16)4-5-13(12)15/h4-5,7,11H,2-3,6,8,16H2,1H3,(H,17,19). The van der Waals surface area contributed by atoms with Gasteiger partial charge in [0.2, 0.25) is 5.91 Å². The number of hydrogen-bond acceptors (Lipinski definition) is 3. The maximum absolute atomic E-state index is 12.5. The lowest BCUT2D eigenvalue weighted by atomic mass is 10.0. The molecule has 6 heteroatoms. The second-order valence-corrected chi connectivity index (χ2v) is 5.88. The van der Waals surface area contributed by atoms with E-state index in [1.807, 2.05) is 0 Å². The molecule has 3 N–H and O–H groups in total. The van der Waals surface area contributed by atoms with E-state index in [-0.39, 0.29) is 17.9 Å². The van der Waals surface area contributed by atoms with Crippen molar-refractivity contribution in [2.75, 3.05) is 18.8 Å². The van der Waals surface area contributed by atoms with Crippen LogP contribution >= 0.6 is 15.9 Å². The van der Waals surface area contributed by atoms with Crippen LogP contribution in [0.4, 0.5) is 5.69 Å². The maximum atomic E-state index is 12.5. The molecule has 0 saturated carbocycles. The summed E-state index contributed by atoms with van der Waals surface area (Å²) in [5.74, 6) is -0.117. The molecule has 1 heterocycles. The van der Waals surface area contributed by atoms with Crippen molar-refractivity contribution in [3.8, 4) is 0 Å². The van der Waals surface area contributed by atoms with E-state index < -0.39 is 0 Å². The predicted octanol–water partition coefficient (Wildman–Crippen LogP) is 1.77. The molecule has 2 amide bonds. The summed E-state index contributed by atoms with van der Waals surface area (Å²) < 4.78 is 0.735. The van der Waals surface area contributed by atoms with Crippen LogP contribution in [0.1, 0.15) is 30.1 Å². The van der Waals surface area contributed by atoms with Crippen LogP contribution in [0.2, 0.25) is 0 Å². The van der Waals surface area contributed by atoms with Crippen molar-refractivity contribution in [2.24, 2.45) is 0 Å². The fraction of sp³-hybridized carbons (Fsp3) is 0.429. The van der Waals surface area contributed by atoms with E-state index in [4.69, 9.17) is 5.73 Å². The van der Waals surface area contributed by atoms with Gasteiger partial charge in [-0.25, -0.2) is 0 Å². The highest BCUT2D eigenvalue weighted by Crippen LogP contribution is 2.23. The van der Waals surface area contributed by atoms with Gasteiger partial charge in [-0.1, -0.05) is 0 Å². The molecule has 0 bridgehead atoms. The summed E-state index contributed by atoms with van der Waals surface area (Å²) in [6.45, 7) is 2.74. The average molecular weight is 340 g/mol. The fourth-order valence-corrected chi connectivity index (χ4v) is 2.86. The van der Waals surface area contributed by atoms with Crippen LogP contribution in [0.25, 0.3) is 0 Å². The minimum atomic E-state index is -0.0607. The largest absolute Gasteiger partial charge is 0.399 e. The average Bonchev–Trinajstić information content (AvgIpc) is 2.40. The molecule has 1 fully saturated rings. The van der Waals surface area contributed by atoms with Crippen molar-refractivity contribution in [2.45, 2.75) is 25.8 Å². The molecule has 108 valence electrons. The molecule has 1 aliphatic rings. The summed E-state index contributed by atoms with van der Waals surface area (Å²) in [7, 11) is 0. The first-order valence-electron chi connectivity index (χ1n) is 6.59. The minimum absolute atomic E-state index is 0.0324. The van der Waals surface area contributed by atoms with Gasteiger partial charge in [0, 0.05) is 36.2 Å². The van der Waals surface area contributed by atoms with E-state index in [2.05, 4.69) is 21.2 Å². The zero-order valence-corrected chi connectivity index (χ0v) is 12.9. The maximum Gasteiger partial charge on any atom is 0.255 e. The number of halogens is 1. The van der Waals surface area contributed by atoms with Gasteiger partial charge in [-0.2, -0.15) is 0 Å². The number of carbonyl (C=O) groups excluding carboxylic acids is 2. The van der Waals surface area contributed by atoms with Gasteiger partial charge in [0.1, 0.15) is 0 Å². The van der Waals surface area contributed by atoms with Crippen LogP contribution in [0.5, 0.6) is 0 Å². The van der Waals surface area contributed by atoms with Gasteiger partial charge in [0.25, 0.3) is 5.91 Å². The van der Waals surface area contributed by atoms with E-state index >= 15 is 0 Å². The Morgan fingerprint density at radius 1 is 1.45 bits per heavy atom. The highest BCUT2D eigenvalue weighted by molar-refractivity contribution is 9.10. The Morgan fingerprint density at radius 3 is 2.90 bits per heavy atom. The van der Waals surface area contributed by atoms with E-state index in [1.165, 1.54) is 6.92 Å². The molecule has 1 atom stereocenters. The summed E-state index contributed by atoms with van der Waals surface area (Å²) in [5, 5.41) is 2.87. The predicted molar refractivity (Wildman–Crippen MR) is 81.3 cm³/mol. The molecule has 5 nitrogen and oxygen atoms in total. The highest BCUT2D eigenvalue weighted by atomic mass is 79.9. The zero-order valence-electron chi connectivity index (χ0n) is 11.4. The highest BCUT2D eigenvalue weighted by Gasteiger charge is 2.26. The lowest BCUT2D eigenvalue weighted by Crippen LogP contribution is -2.49. The first kappa shape index (κ1) is 14.8. The smallest absolute Gasteiger partial charge is 0.255 e. The fourth-order valence-electron chi connectivity index (χ4n) is 2.44. The second-order valence-electron chi connectivity index (χ2n) is 5.03. The quantitative estimate of drug-likeness (QED) is 0.806. The molecule has 20 heavy (non-hydrogen) atoms. The minimum Gasteiger partial charge on any atom is -0.399 e. The van der Waals surface area contributed by atoms with Gasteiger partial charge in [-0.15, -0.1) is 0 Å². The van der Waals surface area contributed by atoms with Gasteiger partial charge in [0.05, 0.1) is 5.56 Å². The van der Waals surface area contributed by atoms with Crippen LogP contribution in [0, 0.1) is 0 Å². The third kappa shape index (κ3) is 3.50. The summed E-state index contributed by atoms with van der Waals surface area (Å²) in [5.41, 5.74) is 6.86. The van der Waals surface area contributed by atoms with E-state index in [0.717, 1.165) is 17.3 Å². The summed E-state index contributed by atoms with van der Waals surface area (Å²) in [6, 6.07) is 5.23. The number of piperidine rings is 1. The molecule has 1 aromatic rings. The lowest BCUT2D eigenvalue weighted by molar-refractivity contribution is -0.120. The van der Waals surface area contributed by atoms with Crippen molar-refractivity contribution in [1.29, 1.82) is 0 Å². The van der Waals surface area contributed by atoms with Gasteiger partial charge in [-0.3, -0.25) is 9.59 Å². The number of amides is 2. The number of nitrogens with two attached hydrogens (primary N) is 1. The van der Waals surface area contributed by atoms with E-state index in [0.29, 0.717) is 24.3 Å². The molecule has 0 aliphatic carbocycles. The molecule has 1 aromatic carbocycles. The topological polar surface area (TPSA) is 75.4 Å². The van der Waals surface area contributed by atoms with Crippen LogP contribution in [-0.2, 0) is 4.79 Å². The Kier molecular flexibility index (Phi) is 4.65. The lowest BCUT2D eigenvalue weighted by Gasteiger charge is -2.33. The Balaban J connectivity index is 2.12. The number of benzene rings is 1. The van der Waals surface area contributed by atoms with Crippen molar-refractivity contribution in [1.82, 2.24) is 10.2 Å². The Bertz CT molecular complexity index is 533. The summed E-state index contributed by atoms with van der Waals surface area (Å²) >= 11 is 3.38. The number of likely N-dealkylation sites (tertiary alicyclic amines) is 1.